The molecule has 2 aromatic carbocycles. The first-order chi connectivity index (χ1) is 14.0. The van der Waals surface area contributed by atoms with Gasteiger partial charge in [0.15, 0.2) is 6.10 Å². The summed E-state index contributed by atoms with van der Waals surface area (Å²) in [5.74, 6) is 0.672. The summed E-state index contributed by atoms with van der Waals surface area (Å²) in [7, 11) is 0. The van der Waals surface area contributed by atoms with Crippen LogP contribution in [0.2, 0.25) is 5.15 Å². The molecule has 5 heteroatoms. The van der Waals surface area contributed by atoms with E-state index < -0.39 is 6.10 Å². The fraction of sp³-hybridized carbons (Fsp3) is 0.333. The molecule has 4 nitrogen and oxygen atoms in total. The zero-order valence-corrected chi connectivity index (χ0v) is 17.6. The van der Waals surface area contributed by atoms with E-state index in [0.29, 0.717) is 10.9 Å². The zero-order chi connectivity index (χ0) is 20.4. The van der Waals surface area contributed by atoms with Gasteiger partial charge in [0.25, 0.3) is 5.91 Å². The molecule has 1 aliphatic rings. The molecule has 0 spiro atoms. The van der Waals surface area contributed by atoms with Crippen molar-refractivity contribution in [1.29, 1.82) is 0 Å². The third-order valence-corrected chi connectivity index (χ3v) is 5.71. The van der Waals surface area contributed by atoms with Crippen LogP contribution in [-0.4, -0.2) is 35.0 Å². The highest BCUT2D eigenvalue weighted by atomic mass is 35.5. The van der Waals surface area contributed by atoms with Gasteiger partial charge in [0, 0.05) is 24.5 Å². The smallest absolute Gasteiger partial charge is 0.263 e. The first-order valence-electron chi connectivity index (χ1n) is 10.1. The summed E-state index contributed by atoms with van der Waals surface area (Å²) in [6, 6.07) is 15.9. The highest BCUT2D eigenvalue weighted by Crippen LogP contribution is 2.34. The van der Waals surface area contributed by atoms with Gasteiger partial charge in [-0.05, 0) is 68.0 Å². The molecule has 0 aliphatic carbocycles. The minimum atomic E-state index is -0.527. The molecule has 3 aromatic rings. The molecule has 1 aromatic heterocycles. The summed E-state index contributed by atoms with van der Waals surface area (Å²) >= 11 is 6.32. The minimum Gasteiger partial charge on any atom is -0.481 e. The number of piperidine rings is 1. The molecule has 1 saturated heterocycles. The Balaban J connectivity index is 1.63. The molecule has 0 unspecified atom stereocenters. The van der Waals surface area contributed by atoms with Crippen LogP contribution >= 0.6 is 11.6 Å². The Morgan fingerprint density at radius 2 is 1.83 bits per heavy atom. The van der Waals surface area contributed by atoms with E-state index in [9.17, 15) is 4.79 Å². The van der Waals surface area contributed by atoms with Crippen molar-refractivity contribution in [3.05, 3.63) is 59.2 Å². The van der Waals surface area contributed by atoms with E-state index in [4.69, 9.17) is 16.3 Å². The fourth-order valence-electron chi connectivity index (χ4n) is 3.97. The van der Waals surface area contributed by atoms with Crippen molar-refractivity contribution < 1.29 is 9.53 Å². The summed E-state index contributed by atoms with van der Waals surface area (Å²) < 4.78 is 5.97. The SMILES string of the molecule is Cc1ccccc1-c1cc(Cl)nc2cc(O[C@H](C)C(=O)N3CCCCC3)ccc12. The van der Waals surface area contributed by atoms with Crippen LogP contribution in [0.1, 0.15) is 31.7 Å². The van der Waals surface area contributed by atoms with Crippen molar-refractivity contribution >= 4 is 28.4 Å². The number of amides is 1. The molecule has 150 valence electrons. The predicted molar refractivity (Wildman–Crippen MR) is 117 cm³/mol. The minimum absolute atomic E-state index is 0.0458. The van der Waals surface area contributed by atoms with Crippen LogP contribution in [0.3, 0.4) is 0 Å². The van der Waals surface area contributed by atoms with Crippen LogP contribution in [0.5, 0.6) is 5.75 Å². The summed E-state index contributed by atoms with van der Waals surface area (Å²) in [4.78, 5) is 19.0. The summed E-state index contributed by atoms with van der Waals surface area (Å²) in [5, 5.41) is 1.44. The van der Waals surface area contributed by atoms with Gasteiger partial charge in [-0.15, -0.1) is 0 Å². The normalized spacial score (nSPS) is 15.3. The van der Waals surface area contributed by atoms with Crippen LogP contribution in [0.25, 0.3) is 22.0 Å². The number of aromatic nitrogens is 1. The molecule has 4 rings (SSSR count). The molecule has 1 atom stereocenters. The molecule has 29 heavy (non-hydrogen) atoms. The van der Waals surface area contributed by atoms with Crippen LogP contribution < -0.4 is 4.74 Å². The number of halogens is 1. The summed E-state index contributed by atoms with van der Waals surface area (Å²) in [6.45, 7) is 5.54. The highest BCUT2D eigenvalue weighted by molar-refractivity contribution is 6.30. The molecule has 1 amide bonds. The maximum Gasteiger partial charge on any atom is 0.263 e. The lowest BCUT2D eigenvalue weighted by molar-refractivity contribution is -0.138. The second-order valence-electron chi connectivity index (χ2n) is 7.63. The van der Waals surface area contributed by atoms with Crippen LogP contribution in [0.4, 0.5) is 0 Å². The highest BCUT2D eigenvalue weighted by Gasteiger charge is 2.23. The maximum atomic E-state index is 12.7. The first-order valence-corrected chi connectivity index (χ1v) is 10.5. The van der Waals surface area contributed by atoms with Gasteiger partial charge in [-0.1, -0.05) is 35.9 Å². The van der Waals surface area contributed by atoms with E-state index in [1.807, 2.05) is 48.2 Å². The first kappa shape index (κ1) is 19.7. The van der Waals surface area contributed by atoms with E-state index in [0.717, 1.165) is 48.0 Å². The van der Waals surface area contributed by atoms with E-state index in [2.05, 4.69) is 24.0 Å². The quantitative estimate of drug-likeness (QED) is 0.524. The molecular formula is C24H25ClN2O2. The number of carbonyl (C=O) groups is 1. The zero-order valence-electron chi connectivity index (χ0n) is 16.8. The molecule has 1 aliphatic heterocycles. The van der Waals surface area contributed by atoms with Crippen LogP contribution in [0, 0.1) is 6.92 Å². The van der Waals surface area contributed by atoms with Gasteiger partial charge in [-0.25, -0.2) is 4.98 Å². The number of carbonyl (C=O) groups excluding carboxylic acids is 1. The average Bonchev–Trinajstić information content (AvgIpc) is 2.73. The monoisotopic (exact) mass is 408 g/mol. The van der Waals surface area contributed by atoms with Crippen LogP contribution in [-0.2, 0) is 4.79 Å². The van der Waals surface area contributed by atoms with Crippen LogP contribution in [0.15, 0.2) is 48.5 Å². The Kier molecular flexibility index (Phi) is 5.72. The second kappa shape index (κ2) is 8.42. The van der Waals surface area contributed by atoms with E-state index >= 15 is 0 Å². The van der Waals surface area contributed by atoms with Gasteiger partial charge in [-0.2, -0.15) is 0 Å². The average molecular weight is 409 g/mol. The number of fused-ring (bicyclic) bond motifs is 1. The number of hydrogen-bond acceptors (Lipinski definition) is 3. The number of nitrogens with zero attached hydrogens (tertiary/aromatic N) is 2. The number of likely N-dealkylation sites (tertiary alicyclic amines) is 1. The fourth-order valence-corrected chi connectivity index (χ4v) is 4.17. The number of rotatable bonds is 4. The van der Waals surface area contributed by atoms with Crippen molar-refractivity contribution in [2.24, 2.45) is 0 Å². The Morgan fingerprint density at radius 1 is 1.07 bits per heavy atom. The molecule has 1 fully saturated rings. The van der Waals surface area contributed by atoms with Gasteiger partial charge in [0.1, 0.15) is 10.9 Å². The van der Waals surface area contributed by atoms with Crippen molar-refractivity contribution in [2.75, 3.05) is 13.1 Å². The van der Waals surface area contributed by atoms with Gasteiger partial charge < -0.3 is 9.64 Å². The molecular weight excluding hydrogens is 384 g/mol. The van der Waals surface area contributed by atoms with Crippen molar-refractivity contribution in [3.8, 4) is 16.9 Å². The van der Waals surface area contributed by atoms with Crippen molar-refractivity contribution in [2.45, 2.75) is 39.2 Å². The lowest BCUT2D eigenvalue weighted by Crippen LogP contribution is -2.43. The van der Waals surface area contributed by atoms with E-state index in [1.165, 1.54) is 12.0 Å². The standard InChI is InChI=1S/C24H25ClN2O2/c1-16-8-4-5-9-19(16)21-15-23(25)26-22-14-18(10-11-20(21)22)29-17(2)24(28)27-12-6-3-7-13-27/h4-5,8-11,14-15,17H,3,6-7,12-13H2,1-2H3/t17-/m1/s1. The largest absolute Gasteiger partial charge is 0.481 e. The predicted octanol–water partition coefficient (Wildman–Crippen LogP) is 5.64. The molecule has 0 N–H and O–H groups in total. The lowest BCUT2D eigenvalue weighted by atomic mass is 9.97. The summed E-state index contributed by atoms with van der Waals surface area (Å²) in [6.07, 6.45) is 2.80. The molecule has 0 saturated carbocycles. The molecule has 0 radical (unpaired) electrons. The molecule has 2 heterocycles. The lowest BCUT2D eigenvalue weighted by Gasteiger charge is -2.29. The van der Waals surface area contributed by atoms with Gasteiger partial charge in [0.05, 0.1) is 5.52 Å². The van der Waals surface area contributed by atoms with Crippen molar-refractivity contribution in [1.82, 2.24) is 9.88 Å². The Labute approximate surface area is 176 Å². The van der Waals surface area contributed by atoms with Gasteiger partial charge in [0.2, 0.25) is 0 Å². The third kappa shape index (κ3) is 4.23. The Hall–Kier alpha value is -2.59. The number of hydrogen-bond donors (Lipinski definition) is 0. The number of pyridine rings is 1. The molecule has 0 bridgehead atoms. The maximum absolute atomic E-state index is 12.7. The number of benzene rings is 2. The van der Waals surface area contributed by atoms with Gasteiger partial charge in [-0.3, -0.25) is 4.79 Å². The summed E-state index contributed by atoms with van der Waals surface area (Å²) in [5.41, 5.74) is 4.11. The van der Waals surface area contributed by atoms with Crippen molar-refractivity contribution in [3.63, 3.8) is 0 Å². The van der Waals surface area contributed by atoms with Gasteiger partial charge >= 0.3 is 0 Å². The topological polar surface area (TPSA) is 42.4 Å². The van der Waals surface area contributed by atoms with E-state index in [1.54, 1.807) is 0 Å². The Morgan fingerprint density at radius 3 is 2.59 bits per heavy atom. The third-order valence-electron chi connectivity index (χ3n) is 5.51. The number of aryl methyl sites for hydroxylation is 1. The van der Waals surface area contributed by atoms with E-state index in [-0.39, 0.29) is 5.91 Å². The second-order valence-corrected chi connectivity index (χ2v) is 8.02. The Bertz CT molecular complexity index is 1040. The number of ether oxygens (including phenoxy) is 1.